The second-order valence-corrected chi connectivity index (χ2v) is 6.23. The van der Waals surface area contributed by atoms with Gasteiger partial charge in [-0.1, -0.05) is 54.2 Å². The van der Waals surface area contributed by atoms with E-state index in [9.17, 15) is 0 Å². The van der Waals surface area contributed by atoms with Crippen LogP contribution in [0.25, 0.3) is 6.08 Å². The first kappa shape index (κ1) is 14.6. The van der Waals surface area contributed by atoms with E-state index in [0.29, 0.717) is 6.04 Å². The molecule has 2 aliphatic rings. The Kier molecular flexibility index (Phi) is 3.89. The quantitative estimate of drug-likeness (QED) is 0.750. The van der Waals surface area contributed by atoms with Crippen molar-refractivity contribution in [2.24, 2.45) is 0 Å². The Labute approximate surface area is 133 Å². The van der Waals surface area contributed by atoms with Gasteiger partial charge in [0.25, 0.3) is 0 Å². The molecule has 1 aliphatic carbocycles. The standard InChI is InChI=1S/C21H23N/c1-15-13-16(2)19(17(3)14-15)10-9-18-11-12-22(4)21-8-6-5-7-20(18)21/h5-14,21H,1-4H3/b10-9+. The highest BCUT2D eigenvalue weighted by molar-refractivity contribution is 5.64. The van der Waals surface area contributed by atoms with E-state index in [1.54, 1.807) is 0 Å². The van der Waals surface area contributed by atoms with Crippen LogP contribution in [0.1, 0.15) is 22.3 Å². The number of benzene rings is 1. The van der Waals surface area contributed by atoms with Crippen LogP contribution in [0.5, 0.6) is 0 Å². The van der Waals surface area contributed by atoms with Gasteiger partial charge in [0.2, 0.25) is 0 Å². The van der Waals surface area contributed by atoms with E-state index >= 15 is 0 Å². The van der Waals surface area contributed by atoms with E-state index < -0.39 is 0 Å². The Bertz CT molecular complexity index is 718. The fourth-order valence-electron chi connectivity index (χ4n) is 3.32. The van der Waals surface area contributed by atoms with Crippen molar-refractivity contribution in [2.45, 2.75) is 26.8 Å². The number of nitrogens with zero attached hydrogens (tertiary/aromatic N) is 1. The summed E-state index contributed by atoms with van der Waals surface area (Å²) < 4.78 is 0. The Morgan fingerprint density at radius 1 is 0.955 bits per heavy atom. The van der Waals surface area contributed by atoms with Crippen molar-refractivity contribution in [3.8, 4) is 0 Å². The highest BCUT2D eigenvalue weighted by Crippen LogP contribution is 2.27. The highest BCUT2D eigenvalue weighted by Gasteiger charge is 2.19. The summed E-state index contributed by atoms with van der Waals surface area (Å²) in [5.74, 6) is 0. The molecule has 0 bridgehead atoms. The van der Waals surface area contributed by atoms with E-state index in [0.717, 1.165) is 0 Å². The Morgan fingerprint density at radius 2 is 1.68 bits per heavy atom. The van der Waals surface area contributed by atoms with Gasteiger partial charge in [-0.05, 0) is 54.7 Å². The molecule has 0 N–H and O–H groups in total. The Balaban J connectivity index is 1.98. The smallest absolute Gasteiger partial charge is 0.0726 e. The van der Waals surface area contributed by atoms with Crippen LogP contribution in [0, 0.1) is 20.8 Å². The van der Waals surface area contributed by atoms with Gasteiger partial charge in [0, 0.05) is 13.2 Å². The van der Waals surface area contributed by atoms with Crippen molar-refractivity contribution in [3.63, 3.8) is 0 Å². The molecule has 0 fully saturated rings. The van der Waals surface area contributed by atoms with E-state index in [1.165, 1.54) is 33.4 Å². The lowest BCUT2D eigenvalue weighted by molar-refractivity contribution is 0.420. The molecule has 0 amide bonds. The molecule has 0 saturated heterocycles. The number of allylic oxidation sites excluding steroid dienone is 5. The van der Waals surface area contributed by atoms with Gasteiger partial charge in [0.1, 0.15) is 0 Å². The number of hydrogen-bond acceptors (Lipinski definition) is 1. The molecule has 1 aromatic rings. The molecule has 0 saturated carbocycles. The third-order valence-electron chi connectivity index (χ3n) is 4.43. The number of fused-ring (bicyclic) bond motifs is 1. The molecule has 1 heteroatoms. The lowest BCUT2D eigenvalue weighted by Gasteiger charge is -2.31. The summed E-state index contributed by atoms with van der Waals surface area (Å²) in [4.78, 5) is 2.25. The zero-order valence-electron chi connectivity index (χ0n) is 13.8. The summed E-state index contributed by atoms with van der Waals surface area (Å²) >= 11 is 0. The van der Waals surface area contributed by atoms with Crippen LogP contribution in [0.3, 0.4) is 0 Å². The molecule has 1 aromatic carbocycles. The summed E-state index contributed by atoms with van der Waals surface area (Å²) in [7, 11) is 2.12. The fraction of sp³-hybridized carbons (Fsp3) is 0.238. The van der Waals surface area contributed by atoms with Gasteiger partial charge in [-0.25, -0.2) is 0 Å². The van der Waals surface area contributed by atoms with Gasteiger partial charge in [-0.15, -0.1) is 0 Å². The first-order chi connectivity index (χ1) is 10.6. The molecule has 1 heterocycles. The molecule has 22 heavy (non-hydrogen) atoms. The molecule has 0 radical (unpaired) electrons. The van der Waals surface area contributed by atoms with Gasteiger partial charge in [-0.2, -0.15) is 0 Å². The topological polar surface area (TPSA) is 3.24 Å². The van der Waals surface area contributed by atoms with E-state index in [2.05, 4.69) is 93.6 Å². The first-order valence-electron chi connectivity index (χ1n) is 7.81. The minimum Gasteiger partial charge on any atom is -0.370 e. The van der Waals surface area contributed by atoms with Crippen LogP contribution < -0.4 is 0 Å². The monoisotopic (exact) mass is 289 g/mol. The Morgan fingerprint density at radius 3 is 2.41 bits per heavy atom. The number of hydrogen-bond donors (Lipinski definition) is 0. The minimum absolute atomic E-state index is 0.356. The molecule has 1 unspecified atom stereocenters. The van der Waals surface area contributed by atoms with Crippen LogP contribution in [-0.2, 0) is 0 Å². The van der Waals surface area contributed by atoms with Crippen molar-refractivity contribution < 1.29 is 0 Å². The van der Waals surface area contributed by atoms with Crippen LogP contribution in [0.15, 0.2) is 65.9 Å². The Hall–Kier alpha value is -2.28. The molecule has 0 spiro atoms. The van der Waals surface area contributed by atoms with Crippen LogP contribution >= 0.6 is 0 Å². The largest absolute Gasteiger partial charge is 0.370 e. The molecule has 1 atom stereocenters. The van der Waals surface area contributed by atoms with E-state index in [1.807, 2.05) is 0 Å². The zero-order valence-corrected chi connectivity index (χ0v) is 13.8. The number of rotatable bonds is 2. The van der Waals surface area contributed by atoms with E-state index in [4.69, 9.17) is 0 Å². The van der Waals surface area contributed by atoms with Gasteiger partial charge >= 0.3 is 0 Å². The van der Waals surface area contributed by atoms with Crippen molar-refractivity contribution in [1.82, 2.24) is 4.90 Å². The zero-order chi connectivity index (χ0) is 15.7. The van der Waals surface area contributed by atoms with Gasteiger partial charge in [0.05, 0.1) is 6.04 Å². The van der Waals surface area contributed by atoms with Gasteiger partial charge in [-0.3, -0.25) is 0 Å². The maximum Gasteiger partial charge on any atom is 0.0726 e. The van der Waals surface area contributed by atoms with Crippen LogP contribution in [0.4, 0.5) is 0 Å². The lowest BCUT2D eigenvalue weighted by Crippen LogP contribution is -2.30. The van der Waals surface area contributed by atoms with E-state index in [-0.39, 0.29) is 0 Å². The molecular weight excluding hydrogens is 266 g/mol. The van der Waals surface area contributed by atoms with Crippen molar-refractivity contribution in [3.05, 3.63) is 88.2 Å². The van der Waals surface area contributed by atoms with Crippen molar-refractivity contribution in [1.29, 1.82) is 0 Å². The second kappa shape index (κ2) is 5.84. The highest BCUT2D eigenvalue weighted by atomic mass is 15.1. The molecule has 3 rings (SSSR count). The summed E-state index contributed by atoms with van der Waals surface area (Å²) in [5, 5.41) is 0. The normalized spacial score (nSPS) is 20.2. The molecular formula is C21H23N. The fourth-order valence-corrected chi connectivity index (χ4v) is 3.32. The second-order valence-electron chi connectivity index (χ2n) is 6.23. The third-order valence-corrected chi connectivity index (χ3v) is 4.43. The average molecular weight is 289 g/mol. The summed E-state index contributed by atoms with van der Waals surface area (Å²) in [6.07, 6.45) is 17.6. The van der Waals surface area contributed by atoms with Gasteiger partial charge in [0.15, 0.2) is 0 Å². The predicted molar refractivity (Wildman–Crippen MR) is 95.7 cm³/mol. The average Bonchev–Trinajstić information content (AvgIpc) is 2.48. The molecule has 1 nitrogen and oxygen atoms in total. The predicted octanol–water partition coefficient (Wildman–Crippen LogP) is 4.88. The molecule has 112 valence electrons. The summed E-state index contributed by atoms with van der Waals surface area (Å²) in [6, 6.07) is 4.86. The molecule has 0 aromatic heterocycles. The summed E-state index contributed by atoms with van der Waals surface area (Å²) in [5.41, 5.74) is 8.00. The minimum atomic E-state index is 0.356. The number of likely N-dealkylation sites (N-methyl/N-ethyl adjacent to an activating group) is 1. The maximum absolute atomic E-state index is 2.26. The maximum atomic E-state index is 2.26. The van der Waals surface area contributed by atoms with Crippen molar-refractivity contribution in [2.75, 3.05) is 7.05 Å². The molecule has 1 aliphatic heterocycles. The van der Waals surface area contributed by atoms with Crippen molar-refractivity contribution >= 4 is 6.08 Å². The summed E-state index contributed by atoms with van der Waals surface area (Å²) in [6.45, 7) is 6.53. The van der Waals surface area contributed by atoms with Gasteiger partial charge < -0.3 is 4.90 Å². The third kappa shape index (κ3) is 2.71. The number of aryl methyl sites for hydroxylation is 3. The van der Waals surface area contributed by atoms with Crippen LogP contribution in [0.2, 0.25) is 0 Å². The SMILES string of the molecule is Cc1cc(C)c(/C=C/C2=C3C=CC=CC3N(C)C=C2)c(C)c1. The first-order valence-corrected chi connectivity index (χ1v) is 7.81. The van der Waals surface area contributed by atoms with Crippen LogP contribution in [-0.4, -0.2) is 18.0 Å². The lowest BCUT2D eigenvalue weighted by atomic mass is 9.91.